The van der Waals surface area contributed by atoms with E-state index in [1.807, 2.05) is 0 Å². The van der Waals surface area contributed by atoms with Crippen LogP contribution in [0.25, 0.3) is 0 Å². The van der Waals surface area contributed by atoms with Gasteiger partial charge in [0.05, 0.1) is 0 Å². The van der Waals surface area contributed by atoms with Crippen LogP contribution in [0.1, 0.15) is 11.7 Å². The van der Waals surface area contributed by atoms with Gasteiger partial charge < -0.3 is 11.1 Å². The van der Waals surface area contributed by atoms with E-state index in [2.05, 4.69) is 15.3 Å². The van der Waals surface area contributed by atoms with Crippen LogP contribution in [0, 0.1) is 5.92 Å². The molecule has 0 aliphatic carbocycles. The molecule has 5 nitrogen and oxygen atoms in total. The second-order valence-corrected chi connectivity index (χ2v) is 3.41. The van der Waals surface area contributed by atoms with Crippen molar-refractivity contribution < 1.29 is 4.79 Å². The Balaban J connectivity index is 2.22. The van der Waals surface area contributed by atoms with E-state index in [1.54, 1.807) is 18.5 Å². The van der Waals surface area contributed by atoms with Crippen molar-refractivity contribution in [3.8, 4) is 0 Å². The van der Waals surface area contributed by atoms with Crippen molar-refractivity contribution in [1.82, 2.24) is 15.3 Å². The van der Waals surface area contributed by atoms with E-state index in [1.165, 1.54) is 0 Å². The summed E-state index contributed by atoms with van der Waals surface area (Å²) in [7, 11) is 0. The summed E-state index contributed by atoms with van der Waals surface area (Å²) < 4.78 is 0. The number of hydrogen-bond donors (Lipinski definition) is 2. The molecule has 3 N–H and O–H groups in total. The van der Waals surface area contributed by atoms with Crippen LogP contribution in [0.15, 0.2) is 18.5 Å². The van der Waals surface area contributed by atoms with Gasteiger partial charge in [-0.15, -0.1) is 0 Å². The van der Waals surface area contributed by atoms with Crippen LogP contribution >= 0.6 is 0 Å². The van der Waals surface area contributed by atoms with Gasteiger partial charge in [-0.1, -0.05) is 0 Å². The van der Waals surface area contributed by atoms with Crippen LogP contribution in [0.3, 0.4) is 0 Å². The highest BCUT2D eigenvalue weighted by atomic mass is 16.1. The molecule has 1 unspecified atom stereocenters. The minimum absolute atomic E-state index is 0.245. The summed E-state index contributed by atoms with van der Waals surface area (Å²) in [6.07, 6.45) is 3.26. The quantitative estimate of drug-likeness (QED) is 0.661. The first kappa shape index (κ1) is 9.08. The number of nitrogens with zero attached hydrogens (tertiary/aromatic N) is 2. The molecule has 14 heavy (non-hydrogen) atoms. The Morgan fingerprint density at radius 2 is 2.14 bits per heavy atom. The number of amides is 1. The molecule has 1 aliphatic heterocycles. The molecule has 74 valence electrons. The van der Waals surface area contributed by atoms with E-state index in [9.17, 15) is 4.79 Å². The van der Waals surface area contributed by atoms with Crippen molar-refractivity contribution in [2.75, 3.05) is 13.1 Å². The van der Waals surface area contributed by atoms with Gasteiger partial charge in [-0.05, 0) is 6.07 Å². The molecule has 1 amide bonds. The first-order chi connectivity index (χ1) is 6.79. The van der Waals surface area contributed by atoms with E-state index < -0.39 is 0 Å². The van der Waals surface area contributed by atoms with Gasteiger partial charge in [-0.3, -0.25) is 4.79 Å². The van der Waals surface area contributed by atoms with Crippen LogP contribution in [-0.4, -0.2) is 29.0 Å². The molecule has 0 aromatic carbocycles. The number of nitrogens with one attached hydrogen (secondary N) is 1. The van der Waals surface area contributed by atoms with Crippen molar-refractivity contribution in [3.05, 3.63) is 24.3 Å². The molecule has 2 heterocycles. The fourth-order valence-corrected chi connectivity index (χ4v) is 1.59. The number of nitrogens with two attached hydrogens (primary N) is 1. The lowest BCUT2D eigenvalue weighted by atomic mass is 9.86. The summed E-state index contributed by atoms with van der Waals surface area (Å²) >= 11 is 0. The summed E-state index contributed by atoms with van der Waals surface area (Å²) in [6.45, 7) is 1.62. The van der Waals surface area contributed by atoms with Gasteiger partial charge in [0.15, 0.2) is 0 Å². The topological polar surface area (TPSA) is 80.9 Å². The molecule has 0 saturated carbocycles. The zero-order valence-corrected chi connectivity index (χ0v) is 7.68. The van der Waals surface area contributed by atoms with Crippen LogP contribution in [0.5, 0.6) is 0 Å². The maximum Gasteiger partial charge on any atom is 0.228 e. The molecule has 1 saturated heterocycles. The normalized spacial score (nSPS) is 18.6. The van der Waals surface area contributed by atoms with Gasteiger partial charge >= 0.3 is 0 Å². The van der Waals surface area contributed by atoms with Gasteiger partial charge in [0.2, 0.25) is 5.91 Å². The lowest BCUT2D eigenvalue weighted by Crippen LogP contribution is -2.49. The van der Waals surface area contributed by atoms with E-state index in [0.717, 1.165) is 13.1 Å². The van der Waals surface area contributed by atoms with Crippen molar-refractivity contribution in [3.63, 3.8) is 0 Å². The van der Waals surface area contributed by atoms with Crippen molar-refractivity contribution in [1.29, 1.82) is 0 Å². The molecule has 1 aromatic rings. The Morgan fingerprint density at radius 1 is 1.50 bits per heavy atom. The fourth-order valence-electron chi connectivity index (χ4n) is 1.59. The number of carbonyl (C=O) groups excluding carboxylic acids is 1. The van der Waals surface area contributed by atoms with Crippen LogP contribution in [0.2, 0.25) is 0 Å². The molecular weight excluding hydrogens is 180 g/mol. The third-order valence-electron chi connectivity index (χ3n) is 2.45. The Hall–Kier alpha value is -1.49. The van der Waals surface area contributed by atoms with E-state index in [0.29, 0.717) is 5.82 Å². The number of aromatic nitrogens is 2. The third-order valence-corrected chi connectivity index (χ3v) is 2.45. The van der Waals surface area contributed by atoms with Crippen LogP contribution in [0.4, 0.5) is 0 Å². The molecular formula is C9H12N4O. The molecule has 0 spiro atoms. The van der Waals surface area contributed by atoms with E-state index in [-0.39, 0.29) is 17.7 Å². The third kappa shape index (κ3) is 1.58. The predicted octanol–water partition coefficient (Wildman–Crippen LogP) is -0.735. The number of carbonyl (C=O) groups is 1. The van der Waals surface area contributed by atoms with Gasteiger partial charge in [-0.25, -0.2) is 9.97 Å². The van der Waals surface area contributed by atoms with Gasteiger partial charge in [0, 0.05) is 31.4 Å². The number of hydrogen-bond acceptors (Lipinski definition) is 4. The summed E-state index contributed by atoms with van der Waals surface area (Å²) in [5, 5.41) is 3.10. The summed E-state index contributed by atoms with van der Waals surface area (Å²) in [6, 6.07) is 1.72. The second-order valence-electron chi connectivity index (χ2n) is 3.41. The average Bonchev–Trinajstić information content (AvgIpc) is 2.12. The SMILES string of the molecule is NC(=O)C(c1ncccn1)C1CNC1. The van der Waals surface area contributed by atoms with Crippen molar-refractivity contribution in [2.45, 2.75) is 5.92 Å². The Morgan fingerprint density at radius 3 is 2.57 bits per heavy atom. The Bertz CT molecular complexity index is 323. The summed E-state index contributed by atoms with van der Waals surface area (Å²) in [4.78, 5) is 19.4. The van der Waals surface area contributed by atoms with Gasteiger partial charge in [0.25, 0.3) is 0 Å². The zero-order chi connectivity index (χ0) is 9.97. The van der Waals surface area contributed by atoms with Crippen LogP contribution < -0.4 is 11.1 Å². The molecule has 5 heteroatoms. The highest BCUT2D eigenvalue weighted by molar-refractivity contribution is 5.81. The van der Waals surface area contributed by atoms with Crippen molar-refractivity contribution in [2.24, 2.45) is 11.7 Å². The maximum atomic E-state index is 11.2. The first-order valence-electron chi connectivity index (χ1n) is 4.56. The average molecular weight is 192 g/mol. The molecule has 1 aliphatic rings. The molecule has 2 rings (SSSR count). The molecule has 0 bridgehead atoms. The maximum absolute atomic E-state index is 11.2. The lowest BCUT2D eigenvalue weighted by molar-refractivity contribution is -0.121. The molecule has 0 radical (unpaired) electrons. The number of primary amides is 1. The second kappa shape index (κ2) is 3.71. The number of rotatable bonds is 3. The fraction of sp³-hybridized carbons (Fsp3) is 0.444. The van der Waals surface area contributed by atoms with E-state index >= 15 is 0 Å². The first-order valence-corrected chi connectivity index (χ1v) is 4.56. The smallest absolute Gasteiger partial charge is 0.228 e. The Labute approximate surface area is 81.7 Å². The van der Waals surface area contributed by atoms with E-state index in [4.69, 9.17) is 5.73 Å². The molecule has 1 aromatic heterocycles. The van der Waals surface area contributed by atoms with Gasteiger partial charge in [-0.2, -0.15) is 0 Å². The Kier molecular flexibility index (Phi) is 2.41. The van der Waals surface area contributed by atoms with Gasteiger partial charge in [0.1, 0.15) is 11.7 Å². The highest BCUT2D eigenvalue weighted by Crippen LogP contribution is 2.24. The molecule has 1 atom stereocenters. The highest BCUT2D eigenvalue weighted by Gasteiger charge is 2.34. The standard InChI is InChI=1S/C9H12N4O/c10-8(14)7(6-4-11-5-6)9-12-2-1-3-13-9/h1-3,6-7,11H,4-5H2,(H2,10,14). The largest absolute Gasteiger partial charge is 0.369 e. The summed E-state index contributed by atoms with van der Waals surface area (Å²) in [5.41, 5.74) is 5.33. The lowest BCUT2D eigenvalue weighted by Gasteiger charge is -2.31. The minimum Gasteiger partial charge on any atom is -0.369 e. The predicted molar refractivity (Wildman–Crippen MR) is 50.3 cm³/mol. The minimum atomic E-state index is -0.350. The molecule has 1 fully saturated rings. The summed E-state index contributed by atoms with van der Waals surface area (Å²) in [5.74, 6) is 0.0848. The zero-order valence-electron chi connectivity index (χ0n) is 7.68. The van der Waals surface area contributed by atoms with Crippen molar-refractivity contribution >= 4 is 5.91 Å². The monoisotopic (exact) mass is 192 g/mol. The van der Waals surface area contributed by atoms with Crippen LogP contribution in [-0.2, 0) is 4.79 Å².